The van der Waals surface area contributed by atoms with Crippen LogP contribution in [0.5, 0.6) is 0 Å². The Labute approximate surface area is 217 Å². The molecule has 1 N–H and O–H groups in total. The van der Waals surface area contributed by atoms with Crippen LogP contribution in [0.2, 0.25) is 0 Å². The van der Waals surface area contributed by atoms with E-state index < -0.39 is 15.8 Å². The molecule has 2 aromatic carbocycles. The fraction of sp³-hybridized carbons (Fsp3) is 0.407. The van der Waals surface area contributed by atoms with E-state index in [9.17, 15) is 18.0 Å². The van der Waals surface area contributed by atoms with Crippen molar-refractivity contribution < 1.29 is 22.5 Å². The molecule has 2 amide bonds. The Bertz CT molecular complexity index is 1320. The van der Waals surface area contributed by atoms with Gasteiger partial charge >= 0.3 is 0 Å². The van der Waals surface area contributed by atoms with E-state index in [1.165, 1.54) is 11.3 Å². The third-order valence-corrected chi connectivity index (χ3v) is 8.48. The number of rotatable bonds is 9. The maximum absolute atomic E-state index is 13.7. The van der Waals surface area contributed by atoms with Gasteiger partial charge < -0.3 is 14.7 Å². The lowest BCUT2D eigenvalue weighted by molar-refractivity contribution is -0.124. The van der Waals surface area contributed by atoms with E-state index in [1.54, 1.807) is 24.3 Å². The average molecular weight is 525 g/mol. The van der Waals surface area contributed by atoms with Crippen molar-refractivity contribution in [2.45, 2.75) is 46.0 Å². The SMILES string of the molecule is CCCCc1cccc(N(CC(=O)Nc2ccc(-c3ncon3)cc2)C(=O)C2CCS(=O)(=O)CC2)c1C. The number of hydrogen-bond donors (Lipinski definition) is 1. The lowest BCUT2D eigenvalue weighted by atomic mass is 9.97. The largest absolute Gasteiger partial charge is 0.342 e. The first kappa shape index (κ1) is 26.5. The molecule has 1 aliphatic rings. The van der Waals surface area contributed by atoms with Crippen LogP contribution in [-0.2, 0) is 25.8 Å². The molecule has 4 rings (SSSR count). The van der Waals surface area contributed by atoms with Crippen LogP contribution in [0.25, 0.3) is 11.4 Å². The van der Waals surface area contributed by atoms with Gasteiger partial charge in [-0.15, -0.1) is 0 Å². The number of aryl methyl sites for hydroxylation is 1. The highest BCUT2D eigenvalue weighted by Gasteiger charge is 2.33. The standard InChI is InChI=1S/C27H32N4O5S/c1-3-4-6-20-7-5-8-24(19(20)2)31(27(33)22-13-15-37(34,35)16-14-22)17-25(32)29-23-11-9-21(10-12-23)26-28-18-36-30-26/h5,7-12,18,22H,3-4,6,13-17H2,1-2H3,(H,29,32). The molecule has 0 atom stereocenters. The summed E-state index contributed by atoms with van der Waals surface area (Å²) < 4.78 is 28.6. The van der Waals surface area contributed by atoms with Gasteiger partial charge in [0.25, 0.3) is 0 Å². The second kappa shape index (κ2) is 11.7. The molecule has 0 radical (unpaired) electrons. The summed E-state index contributed by atoms with van der Waals surface area (Å²) in [5.74, 6) is -0.570. The van der Waals surface area contributed by atoms with Crippen LogP contribution in [0, 0.1) is 12.8 Å². The van der Waals surface area contributed by atoms with Crippen molar-refractivity contribution in [3.05, 3.63) is 60.0 Å². The summed E-state index contributed by atoms with van der Waals surface area (Å²) in [6, 6.07) is 12.8. The number of amides is 2. The molecule has 0 unspecified atom stereocenters. The number of sulfone groups is 1. The summed E-state index contributed by atoms with van der Waals surface area (Å²) >= 11 is 0. The van der Waals surface area contributed by atoms with Gasteiger partial charge in [0.1, 0.15) is 16.4 Å². The second-order valence-electron chi connectivity index (χ2n) is 9.40. The molecule has 1 aliphatic heterocycles. The summed E-state index contributed by atoms with van der Waals surface area (Å²) in [5, 5.41) is 6.66. The zero-order valence-electron chi connectivity index (χ0n) is 21.1. The quantitative estimate of drug-likeness (QED) is 0.445. The Morgan fingerprint density at radius 2 is 1.84 bits per heavy atom. The van der Waals surface area contributed by atoms with Crippen molar-refractivity contribution in [2.75, 3.05) is 28.3 Å². The number of carbonyl (C=O) groups excluding carboxylic acids is 2. The van der Waals surface area contributed by atoms with Gasteiger partial charge in [-0.1, -0.05) is 30.6 Å². The van der Waals surface area contributed by atoms with Gasteiger partial charge in [0.15, 0.2) is 0 Å². The molecule has 196 valence electrons. The predicted molar refractivity (Wildman–Crippen MR) is 142 cm³/mol. The highest BCUT2D eigenvalue weighted by Crippen LogP contribution is 2.29. The second-order valence-corrected chi connectivity index (χ2v) is 11.7. The fourth-order valence-electron chi connectivity index (χ4n) is 4.58. The normalized spacial score (nSPS) is 15.3. The lowest BCUT2D eigenvalue weighted by Gasteiger charge is -2.30. The first-order chi connectivity index (χ1) is 17.8. The van der Waals surface area contributed by atoms with Gasteiger partial charge in [-0.2, -0.15) is 4.98 Å². The number of hydrogen-bond acceptors (Lipinski definition) is 7. The number of aromatic nitrogens is 2. The first-order valence-electron chi connectivity index (χ1n) is 12.5. The van der Waals surface area contributed by atoms with Crippen LogP contribution >= 0.6 is 0 Å². The predicted octanol–water partition coefficient (Wildman–Crippen LogP) is 4.18. The molecule has 2 heterocycles. The van der Waals surface area contributed by atoms with Crippen molar-refractivity contribution in [1.82, 2.24) is 10.1 Å². The molecular weight excluding hydrogens is 492 g/mol. The number of benzene rings is 2. The highest BCUT2D eigenvalue weighted by molar-refractivity contribution is 7.91. The van der Waals surface area contributed by atoms with Gasteiger partial charge in [-0.3, -0.25) is 9.59 Å². The molecule has 0 saturated carbocycles. The van der Waals surface area contributed by atoms with Gasteiger partial charge in [-0.05, 0) is 74.1 Å². The van der Waals surface area contributed by atoms with Crippen LogP contribution in [0.1, 0.15) is 43.7 Å². The number of anilines is 2. The van der Waals surface area contributed by atoms with E-state index in [0.29, 0.717) is 17.2 Å². The first-order valence-corrected chi connectivity index (χ1v) is 14.4. The van der Waals surface area contributed by atoms with Gasteiger partial charge in [0, 0.05) is 22.9 Å². The minimum atomic E-state index is -3.11. The summed E-state index contributed by atoms with van der Waals surface area (Å²) in [4.78, 5) is 32.3. The Hall–Kier alpha value is -3.53. The number of carbonyl (C=O) groups is 2. The monoisotopic (exact) mass is 524 g/mol. The van der Waals surface area contributed by atoms with Crippen molar-refractivity contribution >= 4 is 33.0 Å². The van der Waals surface area contributed by atoms with Crippen molar-refractivity contribution in [2.24, 2.45) is 5.92 Å². The van der Waals surface area contributed by atoms with Crippen molar-refractivity contribution in [1.29, 1.82) is 0 Å². The van der Waals surface area contributed by atoms with Crippen LogP contribution < -0.4 is 10.2 Å². The Morgan fingerprint density at radius 3 is 2.49 bits per heavy atom. The number of unbranched alkanes of at least 4 members (excludes halogenated alkanes) is 1. The molecule has 37 heavy (non-hydrogen) atoms. The highest BCUT2D eigenvalue weighted by atomic mass is 32.2. The maximum atomic E-state index is 13.7. The third-order valence-electron chi connectivity index (χ3n) is 6.77. The Kier molecular flexibility index (Phi) is 8.38. The molecule has 9 nitrogen and oxygen atoms in total. The van der Waals surface area contributed by atoms with Crippen molar-refractivity contribution in [3.63, 3.8) is 0 Å². The molecular formula is C27H32N4O5S. The minimum Gasteiger partial charge on any atom is -0.342 e. The summed E-state index contributed by atoms with van der Waals surface area (Å²) in [7, 11) is -3.11. The molecule has 10 heteroatoms. The summed E-state index contributed by atoms with van der Waals surface area (Å²) in [6.07, 6.45) is 4.75. The molecule has 0 aliphatic carbocycles. The topological polar surface area (TPSA) is 122 Å². The minimum absolute atomic E-state index is 0.00824. The van der Waals surface area contributed by atoms with Gasteiger partial charge in [0.2, 0.25) is 24.0 Å². The average Bonchev–Trinajstić information content (AvgIpc) is 3.42. The molecule has 1 aromatic heterocycles. The third kappa shape index (κ3) is 6.62. The summed E-state index contributed by atoms with van der Waals surface area (Å²) in [5.41, 5.74) is 4.11. The van der Waals surface area contributed by atoms with Crippen molar-refractivity contribution in [3.8, 4) is 11.4 Å². The molecule has 1 fully saturated rings. The molecule has 0 spiro atoms. The van der Waals surface area contributed by atoms with Crippen LogP contribution in [0.15, 0.2) is 53.4 Å². The lowest BCUT2D eigenvalue weighted by Crippen LogP contribution is -2.44. The number of nitrogens with zero attached hydrogens (tertiary/aromatic N) is 3. The van der Waals surface area contributed by atoms with E-state index in [2.05, 4.69) is 28.4 Å². The van der Waals surface area contributed by atoms with Crippen LogP contribution in [0.4, 0.5) is 11.4 Å². The Morgan fingerprint density at radius 1 is 1.11 bits per heavy atom. The Balaban J connectivity index is 1.55. The van der Waals surface area contributed by atoms with Crippen LogP contribution in [-0.4, -0.2) is 48.4 Å². The maximum Gasteiger partial charge on any atom is 0.244 e. The van der Waals surface area contributed by atoms with Crippen LogP contribution in [0.3, 0.4) is 0 Å². The van der Waals surface area contributed by atoms with Gasteiger partial charge in [0.05, 0.1) is 11.5 Å². The number of nitrogens with one attached hydrogen (secondary N) is 1. The molecule has 1 saturated heterocycles. The zero-order valence-corrected chi connectivity index (χ0v) is 22.0. The van der Waals surface area contributed by atoms with E-state index in [-0.39, 0.29) is 42.7 Å². The van der Waals surface area contributed by atoms with Gasteiger partial charge in [-0.25, -0.2) is 8.42 Å². The fourth-order valence-corrected chi connectivity index (χ4v) is 6.08. The molecule has 3 aromatic rings. The zero-order chi connectivity index (χ0) is 26.4. The van der Waals surface area contributed by atoms with E-state index in [0.717, 1.165) is 36.0 Å². The van der Waals surface area contributed by atoms with E-state index in [4.69, 9.17) is 4.52 Å². The summed E-state index contributed by atoms with van der Waals surface area (Å²) in [6.45, 7) is 3.93. The van der Waals surface area contributed by atoms with E-state index in [1.807, 2.05) is 19.1 Å². The smallest absolute Gasteiger partial charge is 0.244 e. The van der Waals surface area contributed by atoms with E-state index >= 15 is 0 Å². The molecule has 0 bridgehead atoms.